The van der Waals surface area contributed by atoms with Crippen molar-refractivity contribution < 1.29 is 13.2 Å². The zero-order valence-electron chi connectivity index (χ0n) is 13.0. The van der Waals surface area contributed by atoms with E-state index in [9.17, 15) is 13.2 Å². The molecule has 0 aromatic carbocycles. The highest BCUT2D eigenvalue weighted by Gasteiger charge is 2.32. The number of fused-ring (bicyclic) bond motifs is 1. The molecule has 1 aliphatic heterocycles. The molecule has 6 heteroatoms. The Hall–Kier alpha value is -0.780. The summed E-state index contributed by atoms with van der Waals surface area (Å²) in [5.41, 5.74) is 0. The maximum absolute atomic E-state index is 12.2. The molecule has 1 saturated heterocycles. The molecule has 1 saturated carbocycles. The van der Waals surface area contributed by atoms with Gasteiger partial charge in [0.2, 0.25) is 10.0 Å². The van der Waals surface area contributed by atoms with Crippen LogP contribution in [0, 0.1) is 11.8 Å². The van der Waals surface area contributed by atoms with E-state index in [1.165, 1.54) is 32.1 Å². The number of carbonyl (C=O) groups excluding carboxylic acids is 1. The van der Waals surface area contributed by atoms with Gasteiger partial charge in [0.15, 0.2) is 0 Å². The molecule has 2 rings (SSSR count). The molecular weight excluding hydrogens is 288 g/mol. The van der Waals surface area contributed by atoms with Gasteiger partial charge in [-0.1, -0.05) is 39.0 Å². The third-order valence-corrected chi connectivity index (χ3v) is 6.15. The molecule has 0 bridgehead atoms. The van der Waals surface area contributed by atoms with Gasteiger partial charge in [0.05, 0.1) is 5.75 Å². The van der Waals surface area contributed by atoms with Gasteiger partial charge >= 0.3 is 6.03 Å². The summed E-state index contributed by atoms with van der Waals surface area (Å²) in [5, 5.41) is 0. The fraction of sp³-hybridized carbons (Fsp3) is 0.933. The normalized spacial score (nSPS) is 26.8. The molecule has 0 radical (unpaired) electrons. The van der Waals surface area contributed by atoms with Crippen LogP contribution in [0.15, 0.2) is 0 Å². The number of carbonyl (C=O) groups is 1. The van der Waals surface area contributed by atoms with Crippen molar-refractivity contribution in [3.8, 4) is 0 Å². The van der Waals surface area contributed by atoms with Crippen molar-refractivity contribution in [2.24, 2.45) is 11.8 Å². The monoisotopic (exact) mass is 316 g/mol. The average Bonchev–Trinajstić information content (AvgIpc) is 2.69. The molecule has 122 valence electrons. The Labute approximate surface area is 128 Å². The number of piperidine rings is 1. The first kappa shape index (κ1) is 16.6. The Bertz CT molecular complexity index is 450. The SMILES string of the molecule is CCCCS(=O)(=O)NC(=O)N1CCC2CCCCCC2C1. The zero-order chi connectivity index (χ0) is 15.3. The minimum atomic E-state index is -3.47. The predicted octanol–water partition coefficient (Wildman–Crippen LogP) is 2.73. The highest BCUT2D eigenvalue weighted by molar-refractivity contribution is 7.90. The summed E-state index contributed by atoms with van der Waals surface area (Å²) < 4.78 is 25.9. The van der Waals surface area contributed by atoms with E-state index < -0.39 is 16.1 Å². The molecule has 5 nitrogen and oxygen atoms in total. The van der Waals surface area contributed by atoms with Crippen LogP contribution in [0.3, 0.4) is 0 Å². The van der Waals surface area contributed by atoms with E-state index in [-0.39, 0.29) is 5.75 Å². The number of hydrogen-bond donors (Lipinski definition) is 1. The number of rotatable bonds is 4. The largest absolute Gasteiger partial charge is 0.331 e. The lowest BCUT2D eigenvalue weighted by atomic mass is 9.82. The van der Waals surface area contributed by atoms with E-state index >= 15 is 0 Å². The van der Waals surface area contributed by atoms with Gasteiger partial charge in [-0.3, -0.25) is 0 Å². The number of urea groups is 1. The molecule has 21 heavy (non-hydrogen) atoms. The summed E-state index contributed by atoms with van der Waals surface area (Å²) >= 11 is 0. The molecular formula is C15H28N2O3S. The van der Waals surface area contributed by atoms with Gasteiger partial charge in [-0.15, -0.1) is 0 Å². The summed E-state index contributed by atoms with van der Waals surface area (Å²) in [6, 6.07) is -0.422. The van der Waals surface area contributed by atoms with Crippen molar-refractivity contribution in [3.05, 3.63) is 0 Å². The minimum absolute atomic E-state index is 0.0368. The first-order valence-electron chi connectivity index (χ1n) is 8.31. The smallest absolute Gasteiger partial charge is 0.324 e. The van der Waals surface area contributed by atoms with Crippen molar-refractivity contribution >= 4 is 16.1 Å². The number of unbranched alkanes of at least 4 members (excludes halogenated alkanes) is 1. The van der Waals surface area contributed by atoms with Crippen molar-refractivity contribution in [1.29, 1.82) is 0 Å². The number of nitrogens with one attached hydrogen (secondary N) is 1. The zero-order valence-corrected chi connectivity index (χ0v) is 13.8. The van der Waals surface area contributed by atoms with Crippen molar-refractivity contribution in [3.63, 3.8) is 0 Å². The summed E-state index contributed by atoms with van der Waals surface area (Å²) in [6.07, 6.45) is 8.71. The van der Waals surface area contributed by atoms with Crippen molar-refractivity contribution in [1.82, 2.24) is 9.62 Å². The maximum atomic E-state index is 12.2. The van der Waals surface area contributed by atoms with Gasteiger partial charge in [-0.2, -0.15) is 0 Å². The van der Waals surface area contributed by atoms with Crippen LogP contribution < -0.4 is 4.72 Å². The van der Waals surface area contributed by atoms with Gasteiger partial charge in [-0.05, 0) is 31.1 Å². The molecule has 0 aromatic heterocycles. The highest BCUT2D eigenvalue weighted by atomic mass is 32.2. The van der Waals surface area contributed by atoms with E-state index in [4.69, 9.17) is 0 Å². The van der Waals surface area contributed by atoms with Crippen LogP contribution >= 0.6 is 0 Å². The molecule has 1 aliphatic carbocycles. The van der Waals surface area contributed by atoms with E-state index in [1.54, 1.807) is 4.90 Å². The molecule has 1 N–H and O–H groups in total. The molecule has 2 aliphatic rings. The fourth-order valence-corrected chi connectivity index (χ4v) is 4.71. The summed E-state index contributed by atoms with van der Waals surface area (Å²) in [4.78, 5) is 13.9. The number of hydrogen-bond acceptors (Lipinski definition) is 3. The Morgan fingerprint density at radius 3 is 2.57 bits per heavy atom. The van der Waals surface area contributed by atoms with Crippen LogP contribution in [0.5, 0.6) is 0 Å². The fourth-order valence-electron chi connectivity index (χ4n) is 3.55. The number of sulfonamides is 1. The van der Waals surface area contributed by atoms with Crippen LogP contribution in [-0.2, 0) is 10.0 Å². The van der Waals surface area contributed by atoms with Gasteiger partial charge in [0.1, 0.15) is 0 Å². The van der Waals surface area contributed by atoms with Crippen LogP contribution in [0.25, 0.3) is 0 Å². The first-order chi connectivity index (χ1) is 10.0. The molecule has 2 atom stereocenters. The Morgan fingerprint density at radius 2 is 1.86 bits per heavy atom. The Morgan fingerprint density at radius 1 is 1.14 bits per heavy atom. The van der Waals surface area contributed by atoms with E-state index in [0.717, 1.165) is 25.3 Å². The molecule has 2 fully saturated rings. The predicted molar refractivity (Wildman–Crippen MR) is 83.5 cm³/mol. The van der Waals surface area contributed by atoms with Crippen molar-refractivity contribution in [2.45, 2.75) is 58.3 Å². The summed E-state index contributed by atoms with van der Waals surface area (Å²) in [7, 11) is -3.47. The molecule has 2 amide bonds. The van der Waals surface area contributed by atoms with E-state index in [0.29, 0.717) is 18.9 Å². The Balaban J connectivity index is 1.88. The lowest BCUT2D eigenvalue weighted by Gasteiger charge is -2.37. The van der Waals surface area contributed by atoms with Crippen LogP contribution in [-0.4, -0.2) is 38.2 Å². The molecule has 0 spiro atoms. The number of nitrogens with zero attached hydrogens (tertiary/aromatic N) is 1. The lowest BCUT2D eigenvalue weighted by molar-refractivity contribution is 0.129. The van der Waals surface area contributed by atoms with Crippen LogP contribution in [0.1, 0.15) is 58.3 Å². The summed E-state index contributed by atoms with van der Waals surface area (Å²) in [6.45, 7) is 3.35. The average molecular weight is 316 g/mol. The third-order valence-electron chi connectivity index (χ3n) is 4.84. The molecule has 2 unspecified atom stereocenters. The van der Waals surface area contributed by atoms with Gasteiger partial charge in [-0.25, -0.2) is 17.9 Å². The van der Waals surface area contributed by atoms with Crippen molar-refractivity contribution in [2.75, 3.05) is 18.8 Å². The third kappa shape index (κ3) is 4.87. The lowest BCUT2D eigenvalue weighted by Crippen LogP contribution is -2.49. The summed E-state index contributed by atoms with van der Waals surface area (Å²) in [5.74, 6) is 1.33. The number of likely N-dealkylation sites (tertiary alicyclic amines) is 1. The second-order valence-corrected chi connectivity index (χ2v) is 8.31. The Kier molecular flexibility index (Phi) is 5.90. The van der Waals surface area contributed by atoms with Gasteiger partial charge in [0.25, 0.3) is 0 Å². The highest BCUT2D eigenvalue weighted by Crippen LogP contribution is 2.34. The topological polar surface area (TPSA) is 66.5 Å². The first-order valence-corrected chi connectivity index (χ1v) is 9.96. The second kappa shape index (κ2) is 7.47. The van der Waals surface area contributed by atoms with Gasteiger partial charge in [0, 0.05) is 13.1 Å². The number of amides is 2. The maximum Gasteiger partial charge on any atom is 0.331 e. The van der Waals surface area contributed by atoms with Crippen LogP contribution in [0.4, 0.5) is 4.79 Å². The van der Waals surface area contributed by atoms with Crippen LogP contribution in [0.2, 0.25) is 0 Å². The standard InChI is InChI=1S/C15H28N2O3S/c1-2-3-11-21(19,20)16-15(18)17-10-9-13-7-5-4-6-8-14(13)12-17/h13-14H,2-12H2,1H3,(H,16,18). The minimum Gasteiger partial charge on any atom is -0.324 e. The van der Waals surface area contributed by atoms with E-state index in [1.807, 2.05) is 6.92 Å². The quantitative estimate of drug-likeness (QED) is 0.867. The molecule has 1 heterocycles. The molecule has 0 aromatic rings. The van der Waals surface area contributed by atoms with Gasteiger partial charge < -0.3 is 4.90 Å². The van der Waals surface area contributed by atoms with E-state index in [2.05, 4.69) is 4.72 Å². The second-order valence-electron chi connectivity index (χ2n) is 6.47.